The van der Waals surface area contributed by atoms with Crippen LogP contribution < -0.4 is 9.47 Å². The minimum absolute atomic E-state index is 0.331. The Morgan fingerprint density at radius 3 is 2.69 bits per heavy atom. The molecular weight excluding hydrogens is 210 g/mol. The second-order valence-electron chi connectivity index (χ2n) is 3.18. The molecular formula is C11H9NO4. The van der Waals surface area contributed by atoms with E-state index in [2.05, 4.69) is 4.85 Å². The lowest BCUT2D eigenvalue weighted by Gasteiger charge is -2.07. The summed E-state index contributed by atoms with van der Waals surface area (Å²) >= 11 is 0. The van der Waals surface area contributed by atoms with Crippen molar-refractivity contribution < 1.29 is 19.0 Å². The number of benzene rings is 1. The van der Waals surface area contributed by atoms with Crippen molar-refractivity contribution in [1.29, 1.82) is 0 Å². The Morgan fingerprint density at radius 2 is 2.12 bits per heavy atom. The Morgan fingerprint density at radius 1 is 1.38 bits per heavy atom. The van der Waals surface area contributed by atoms with Crippen LogP contribution in [-0.2, 0) is 4.74 Å². The molecule has 0 N–H and O–H groups in total. The third kappa shape index (κ3) is 1.36. The van der Waals surface area contributed by atoms with E-state index in [1.807, 2.05) is 0 Å². The highest BCUT2D eigenvalue weighted by Gasteiger charge is 2.39. The van der Waals surface area contributed by atoms with Crippen LogP contribution >= 0.6 is 0 Å². The first kappa shape index (κ1) is 10.3. The normalized spacial score (nSPS) is 17.3. The fourth-order valence-electron chi connectivity index (χ4n) is 1.63. The van der Waals surface area contributed by atoms with Crippen molar-refractivity contribution in [3.8, 4) is 11.5 Å². The largest absolute Gasteiger partial charge is 0.497 e. The zero-order chi connectivity index (χ0) is 11.7. The molecule has 0 amide bonds. The van der Waals surface area contributed by atoms with Gasteiger partial charge in [0.15, 0.2) is 0 Å². The molecule has 0 aliphatic carbocycles. The summed E-state index contributed by atoms with van der Waals surface area (Å²) in [5.41, 5.74) is 0.806. The van der Waals surface area contributed by atoms with E-state index in [4.69, 9.17) is 20.8 Å². The van der Waals surface area contributed by atoms with Crippen LogP contribution in [-0.4, -0.2) is 20.2 Å². The van der Waals surface area contributed by atoms with Gasteiger partial charge in [-0.05, 0) is 6.07 Å². The summed E-state index contributed by atoms with van der Waals surface area (Å²) in [5.74, 6) is 0.410. The summed E-state index contributed by atoms with van der Waals surface area (Å²) in [7, 11) is 2.96. The average molecular weight is 219 g/mol. The standard InChI is InChI=1S/C11H9NO4/c1-12-10-9-7(11(13)16-10)4-6(14-2)5-8(9)15-3/h4-5,10H,2-3H3. The third-order valence-corrected chi connectivity index (χ3v) is 2.37. The van der Waals surface area contributed by atoms with Crippen molar-refractivity contribution in [2.24, 2.45) is 0 Å². The first-order valence-electron chi connectivity index (χ1n) is 4.54. The number of hydrogen-bond acceptors (Lipinski definition) is 4. The summed E-state index contributed by atoms with van der Waals surface area (Å²) in [6.45, 7) is 6.95. The van der Waals surface area contributed by atoms with Gasteiger partial charge in [0, 0.05) is 6.07 Å². The molecule has 1 heterocycles. The Balaban J connectivity index is 2.65. The lowest BCUT2D eigenvalue weighted by atomic mass is 10.1. The Bertz CT molecular complexity index is 489. The molecule has 0 spiro atoms. The SMILES string of the molecule is [C-]#[N+]C1OC(=O)c2cc(OC)cc(OC)c21. The first-order chi connectivity index (χ1) is 7.71. The van der Waals surface area contributed by atoms with E-state index in [9.17, 15) is 4.79 Å². The summed E-state index contributed by atoms with van der Waals surface area (Å²) in [6.07, 6.45) is -0.914. The van der Waals surface area contributed by atoms with Crippen LogP contribution in [0, 0.1) is 6.57 Å². The molecule has 1 aliphatic heterocycles. The molecule has 0 radical (unpaired) electrons. The number of carbonyl (C=O) groups excluding carboxylic acids is 1. The van der Waals surface area contributed by atoms with Gasteiger partial charge in [0.1, 0.15) is 17.1 Å². The number of cyclic esters (lactones) is 1. The number of carbonyl (C=O) groups is 1. The van der Waals surface area contributed by atoms with Crippen LogP contribution in [0.25, 0.3) is 4.85 Å². The van der Waals surface area contributed by atoms with Gasteiger partial charge in [0.25, 0.3) is 0 Å². The Kier molecular flexibility index (Phi) is 2.41. The van der Waals surface area contributed by atoms with Gasteiger partial charge in [-0.3, -0.25) is 4.85 Å². The van der Waals surface area contributed by atoms with Crippen LogP contribution in [0.5, 0.6) is 11.5 Å². The lowest BCUT2D eigenvalue weighted by Crippen LogP contribution is -1.96. The molecule has 0 bridgehead atoms. The van der Waals surface area contributed by atoms with Gasteiger partial charge in [-0.2, -0.15) is 0 Å². The summed E-state index contributed by atoms with van der Waals surface area (Å²) in [4.78, 5) is 14.7. The minimum Gasteiger partial charge on any atom is -0.497 e. The van der Waals surface area contributed by atoms with Crippen molar-refractivity contribution in [2.45, 2.75) is 6.23 Å². The molecule has 0 fully saturated rings. The highest BCUT2D eigenvalue weighted by molar-refractivity contribution is 5.95. The van der Waals surface area contributed by atoms with Crippen molar-refractivity contribution in [3.63, 3.8) is 0 Å². The number of esters is 1. The van der Waals surface area contributed by atoms with Crippen molar-refractivity contribution in [1.82, 2.24) is 0 Å². The molecule has 1 aromatic carbocycles. The van der Waals surface area contributed by atoms with Crippen LogP contribution in [0.15, 0.2) is 12.1 Å². The lowest BCUT2D eigenvalue weighted by molar-refractivity contribution is 0.0462. The summed E-state index contributed by atoms with van der Waals surface area (Å²) < 4.78 is 15.1. The molecule has 5 nitrogen and oxygen atoms in total. The van der Waals surface area contributed by atoms with E-state index in [0.717, 1.165) is 0 Å². The topological polar surface area (TPSA) is 49.1 Å². The molecule has 0 saturated heterocycles. The van der Waals surface area contributed by atoms with E-state index < -0.39 is 12.2 Å². The second kappa shape index (κ2) is 3.74. The predicted molar refractivity (Wildman–Crippen MR) is 54.3 cm³/mol. The number of methoxy groups -OCH3 is 2. The number of nitrogens with zero attached hydrogens (tertiary/aromatic N) is 1. The van der Waals surface area contributed by atoms with Crippen molar-refractivity contribution in [2.75, 3.05) is 14.2 Å². The van der Waals surface area contributed by atoms with Gasteiger partial charge >= 0.3 is 12.2 Å². The van der Waals surface area contributed by atoms with Crippen LogP contribution in [0.1, 0.15) is 22.1 Å². The maximum Gasteiger partial charge on any atom is 0.400 e. The van der Waals surface area contributed by atoms with Crippen LogP contribution in [0.4, 0.5) is 0 Å². The number of ether oxygens (including phenoxy) is 3. The molecule has 1 atom stereocenters. The van der Waals surface area contributed by atoms with Gasteiger partial charge < -0.3 is 14.2 Å². The highest BCUT2D eigenvalue weighted by Crippen LogP contribution is 2.40. The molecule has 0 aromatic heterocycles. The number of hydrogen-bond donors (Lipinski definition) is 0. The van der Waals surface area contributed by atoms with Crippen molar-refractivity contribution in [3.05, 3.63) is 34.7 Å². The average Bonchev–Trinajstić information content (AvgIpc) is 2.65. The van der Waals surface area contributed by atoms with E-state index in [0.29, 0.717) is 22.6 Å². The quantitative estimate of drug-likeness (QED) is 0.562. The molecule has 2 rings (SSSR count). The van der Waals surface area contributed by atoms with Gasteiger partial charge in [-0.1, -0.05) is 0 Å². The molecule has 5 heteroatoms. The fourth-order valence-corrected chi connectivity index (χ4v) is 1.63. The van der Waals surface area contributed by atoms with Gasteiger partial charge in [-0.25, -0.2) is 11.4 Å². The molecule has 82 valence electrons. The Hall–Kier alpha value is -2.22. The molecule has 1 aromatic rings. The van der Waals surface area contributed by atoms with Crippen LogP contribution in [0.2, 0.25) is 0 Å². The monoisotopic (exact) mass is 219 g/mol. The minimum atomic E-state index is -0.914. The van der Waals surface area contributed by atoms with E-state index in [1.165, 1.54) is 14.2 Å². The van der Waals surface area contributed by atoms with Gasteiger partial charge in [-0.15, -0.1) is 0 Å². The van der Waals surface area contributed by atoms with E-state index in [1.54, 1.807) is 12.1 Å². The smallest absolute Gasteiger partial charge is 0.400 e. The van der Waals surface area contributed by atoms with Gasteiger partial charge in [0.2, 0.25) is 0 Å². The fraction of sp³-hybridized carbons (Fsp3) is 0.273. The van der Waals surface area contributed by atoms with E-state index in [-0.39, 0.29) is 0 Å². The molecule has 16 heavy (non-hydrogen) atoms. The molecule has 1 unspecified atom stereocenters. The summed E-state index contributed by atoms with van der Waals surface area (Å²) in [6, 6.07) is 3.17. The van der Waals surface area contributed by atoms with E-state index >= 15 is 0 Å². The maximum absolute atomic E-state index is 11.5. The Labute approximate surface area is 92.4 Å². The highest BCUT2D eigenvalue weighted by atomic mass is 16.6. The zero-order valence-electron chi connectivity index (χ0n) is 8.81. The summed E-state index contributed by atoms with van der Waals surface area (Å²) in [5, 5.41) is 0. The zero-order valence-corrected chi connectivity index (χ0v) is 8.81. The first-order valence-corrected chi connectivity index (χ1v) is 4.54. The van der Waals surface area contributed by atoms with Gasteiger partial charge in [0.05, 0.1) is 19.8 Å². The van der Waals surface area contributed by atoms with Crippen molar-refractivity contribution >= 4 is 5.97 Å². The van der Waals surface area contributed by atoms with Crippen LogP contribution in [0.3, 0.4) is 0 Å². The predicted octanol–water partition coefficient (Wildman–Crippen LogP) is 1.79. The molecule has 1 aliphatic rings. The second-order valence-corrected chi connectivity index (χ2v) is 3.18. The maximum atomic E-state index is 11.5. The third-order valence-electron chi connectivity index (χ3n) is 2.37. The number of rotatable bonds is 2. The number of fused-ring (bicyclic) bond motifs is 1. The molecule has 0 saturated carbocycles.